The maximum atomic E-state index is 6.88. The van der Waals surface area contributed by atoms with Gasteiger partial charge in [0.25, 0.3) is 0 Å². The van der Waals surface area contributed by atoms with Gasteiger partial charge in [0.15, 0.2) is 11.2 Å². The minimum Gasteiger partial charge on any atom is -0.435 e. The standard InChI is InChI=1S/C61H38N2O2/c1-61(2)53-34-38(27-28-47(53)48-29-26-35-14-3-4-17-42(35)54(48)61)36-15-13-16-37(30-36)39-31-40(59-62-55-49-22-9-5-18-43(49)45-20-7-11-24-51(45)57(55)64-59)33-41(32-39)60-63-56-50-23-10-6-19-44(50)46-21-8-12-25-52(46)58(56)65-60/h3-34H,1-2H3. The van der Waals surface area contributed by atoms with Gasteiger partial charge in [-0.05, 0) is 107 Å². The van der Waals surface area contributed by atoms with Gasteiger partial charge >= 0.3 is 0 Å². The molecule has 13 aromatic rings. The van der Waals surface area contributed by atoms with Crippen LogP contribution in [0, 0.1) is 0 Å². The molecule has 0 bridgehead atoms. The third kappa shape index (κ3) is 5.25. The highest BCUT2D eigenvalue weighted by Gasteiger charge is 2.37. The normalized spacial score (nSPS) is 13.2. The Hall–Kier alpha value is -8.34. The van der Waals surface area contributed by atoms with Crippen LogP contribution in [0.25, 0.3) is 132 Å². The van der Waals surface area contributed by atoms with Crippen LogP contribution in [0.2, 0.25) is 0 Å². The molecule has 0 radical (unpaired) electrons. The van der Waals surface area contributed by atoms with Gasteiger partial charge in [0.1, 0.15) is 11.0 Å². The van der Waals surface area contributed by atoms with E-state index in [-0.39, 0.29) is 5.41 Å². The van der Waals surface area contributed by atoms with Gasteiger partial charge < -0.3 is 8.83 Å². The van der Waals surface area contributed by atoms with E-state index in [0.29, 0.717) is 11.8 Å². The smallest absolute Gasteiger partial charge is 0.227 e. The summed E-state index contributed by atoms with van der Waals surface area (Å²) in [6.07, 6.45) is 0. The molecule has 14 rings (SSSR count). The second-order valence-corrected chi connectivity index (χ2v) is 18.1. The minimum atomic E-state index is -0.158. The number of rotatable bonds is 4. The predicted molar refractivity (Wildman–Crippen MR) is 268 cm³/mol. The van der Waals surface area contributed by atoms with Crippen molar-refractivity contribution in [2.45, 2.75) is 19.3 Å². The fourth-order valence-corrected chi connectivity index (χ4v) is 11.0. The fourth-order valence-electron chi connectivity index (χ4n) is 11.0. The molecule has 0 spiro atoms. The molecule has 0 N–H and O–H groups in total. The molecule has 4 nitrogen and oxygen atoms in total. The number of nitrogens with zero attached hydrogens (tertiary/aromatic N) is 2. The second kappa shape index (κ2) is 13.3. The number of hydrogen-bond donors (Lipinski definition) is 0. The molecule has 1 aliphatic rings. The first kappa shape index (κ1) is 36.2. The largest absolute Gasteiger partial charge is 0.435 e. The van der Waals surface area contributed by atoms with Gasteiger partial charge in [-0.1, -0.05) is 178 Å². The van der Waals surface area contributed by atoms with Gasteiger partial charge in [-0.25, -0.2) is 9.97 Å². The Bertz CT molecular complexity index is 3850. The van der Waals surface area contributed by atoms with Crippen molar-refractivity contribution in [3.8, 4) is 56.3 Å². The SMILES string of the molecule is CC1(C)c2cc(-c3cccc(-c4cc(-c5nc6c7ccccc7c7ccccc7c6o5)cc(-c5nc6c7ccccc7c7ccccc7c6o5)c4)c3)ccc2-c2ccc3ccccc3c21. The number of fused-ring (bicyclic) bond motifs is 17. The highest BCUT2D eigenvalue weighted by Crippen LogP contribution is 2.52. The van der Waals surface area contributed by atoms with Crippen LogP contribution in [0.1, 0.15) is 25.0 Å². The first-order valence-electron chi connectivity index (χ1n) is 22.3. The number of oxazole rings is 2. The molecule has 0 saturated heterocycles. The van der Waals surface area contributed by atoms with Crippen molar-refractivity contribution in [1.82, 2.24) is 9.97 Å². The molecule has 65 heavy (non-hydrogen) atoms. The number of benzene rings is 11. The van der Waals surface area contributed by atoms with E-state index < -0.39 is 0 Å². The second-order valence-electron chi connectivity index (χ2n) is 18.1. The van der Waals surface area contributed by atoms with E-state index in [1.807, 2.05) is 0 Å². The molecule has 11 aromatic carbocycles. The number of hydrogen-bond acceptors (Lipinski definition) is 4. The lowest BCUT2D eigenvalue weighted by Crippen LogP contribution is -2.15. The Morgan fingerprint density at radius 3 is 1.35 bits per heavy atom. The first-order valence-corrected chi connectivity index (χ1v) is 22.3. The number of aromatic nitrogens is 2. The van der Waals surface area contributed by atoms with E-state index in [2.05, 4.69) is 208 Å². The molecule has 2 aromatic heterocycles. The zero-order valence-electron chi connectivity index (χ0n) is 35.7. The average Bonchev–Trinajstić information content (AvgIpc) is 4.08. The molecule has 0 saturated carbocycles. The van der Waals surface area contributed by atoms with Gasteiger partial charge in [0.05, 0.1) is 0 Å². The molecule has 0 aliphatic heterocycles. The monoisotopic (exact) mass is 830 g/mol. The highest BCUT2D eigenvalue weighted by molar-refractivity contribution is 6.24. The fraction of sp³-hybridized carbons (Fsp3) is 0.0492. The lowest BCUT2D eigenvalue weighted by Gasteiger charge is -2.23. The van der Waals surface area contributed by atoms with Crippen LogP contribution in [-0.4, -0.2) is 9.97 Å². The Labute approximate surface area is 374 Å². The summed E-state index contributed by atoms with van der Waals surface area (Å²) in [5.74, 6) is 1.08. The maximum Gasteiger partial charge on any atom is 0.227 e. The van der Waals surface area contributed by atoms with Gasteiger partial charge in [0, 0.05) is 38.1 Å². The summed E-state index contributed by atoms with van der Waals surface area (Å²) in [5, 5.41) is 11.4. The third-order valence-corrected chi connectivity index (χ3v) is 14.0. The maximum absolute atomic E-state index is 6.88. The van der Waals surface area contributed by atoms with Crippen molar-refractivity contribution in [2.24, 2.45) is 0 Å². The van der Waals surface area contributed by atoms with Crippen LogP contribution in [0.15, 0.2) is 203 Å². The van der Waals surface area contributed by atoms with Gasteiger partial charge in [-0.3, -0.25) is 0 Å². The lowest BCUT2D eigenvalue weighted by molar-refractivity contribution is 0.620. The van der Waals surface area contributed by atoms with Gasteiger partial charge in [0.2, 0.25) is 11.8 Å². The molecular formula is C61H38N2O2. The van der Waals surface area contributed by atoms with Crippen molar-refractivity contribution >= 4 is 76.1 Å². The van der Waals surface area contributed by atoms with Crippen molar-refractivity contribution in [3.63, 3.8) is 0 Å². The topological polar surface area (TPSA) is 52.1 Å². The van der Waals surface area contributed by atoms with Crippen molar-refractivity contribution in [1.29, 1.82) is 0 Å². The summed E-state index contributed by atoms with van der Waals surface area (Å²) in [5.41, 5.74) is 14.6. The zero-order valence-corrected chi connectivity index (χ0v) is 35.7. The summed E-state index contributed by atoms with van der Waals surface area (Å²) in [6.45, 7) is 4.74. The Morgan fingerprint density at radius 2 is 0.769 bits per heavy atom. The van der Waals surface area contributed by atoms with Crippen LogP contribution in [0.3, 0.4) is 0 Å². The predicted octanol–water partition coefficient (Wildman–Crippen LogP) is 16.7. The molecule has 0 atom stereocenters. The van der Waals surface area contributed by atoms with Crippen LogP contribution in [0.5, 0.6) is 0 Å². The van der Waals surface area contributed by atoms with Crippen molar-refractivity contribution < 1.29 is 8.83 Å². The van der Waals surface area contributed by atoms with E-state index >= 15 is 0 Å². The quantitative estimate of drug-likeness (QED) is 0.166. The van der Waals surface area contributed by atoms with Crippen LogP contribution < -0.4 is 0 Å². The van der Waals surface area contributed by atoms with Gasteiger partial charge in [-0.2, -0.15) is 0 Å². The summed E-state index contributed by atoms with van der Waals surface area (Å²) in [4.78, 5) is 10.6. The molecule has 1 aliphatic carbocycles. The van der Waals surface area contributed by atoms with E-state index in [0.717, 1.165) is 93.1 Å². The molecule has 304 valence electrons. The molecular weight excluding hydrogens is 793 g/mol. The molecule has 4 heteroatoms. The minimum absolute atomic E-state index is 0.158. The summed E-state index contributed by atoms with van der Waals surface area (Å²) in [7, 11) is 0. The molecule has 0 unspecified atom stereocenters. The Balaban J connectivity index is 0.963. The molecule has 0 amide bonds. The average molecular weight is 831 g/mol. The highest BCUT2D eigenvalue weighted by atomic mass is 16.4. The Morgan fingerprint density at radius 1 is 0.338 bits per heavy atom. The molecule has 2 heterocycles. The van der Waals surface area contributed by atoms with Crippen LogP contribution in [0.4, 0.5) is 0 Å². The summed E-state index contributed by atoms with van der Waals surface area (Å²) in [6, 6.07) is 69.5. The van der Waals surface area contributed by atoms with Crippen LogP contribution >= 0.6 is 0 Å². The van der Waals surface area contributed by atoms with E-state index in [4.69, 9.17) is 18.8 Å². The lowest BCUT2D eigenvalue weighted by atomic mass is 9.79. The third-order valence-electron chi connectivity index (χ3n) is 14.0. The Kier molecular flexibility index (Phi) is 7.42. The zero-order chi connectivity index (χ0) is 43.0. The first-order chi connectivity index (χ1) is 32.0. The van der Waals surface area contributed by atoms with E-state index in [9.17, 15) is 0 Å². The van der Waals surface area contributed by atoms with Crippen molar-refractivity contribution in [2.75, 3.05) is 0 Å². The van der Waals surface area contributed by atoms with Crippen molar-refractivity contribution in [3.05, 3.63) is 205 Å². The van der Waals surface area contributed by atoms with E-state index in [1.54, 1.807) is 0 Å². The van der Waals surface area contributed by atoms with Gasteiger partial charge in [-0.15, -0.1) is 0 Å². The summed E-state index contributed by atoms with van der Waals surface area (Å²) >= 11 is 0. The van der Waals surface area contributed by atoms with E-state index in [1.165, 1.54) is 38.6 Å². The molecule has 0 fully saturated rings. The van der Waals surface area contributed by atoms with Crippen LogP contribution in [-0.2, 0) is 5.41 Å². The summed E-state index contributed by atoms with van der Waals surface area (Å²) < 4.78 is 13.8.